The summed E-state index contributed by atoms with van der Waals surface area (Å²) in [7, 11) is 0. The van der Waals surface area contributed by atoms with Crippen molar-refractivity contribution in [3.05, 3.63) is 45.8 Å². The molecule has 2 heterocycles. The summed E-state index contributed by atoms with van der Waals surface area (Å²) >= 11 is 17.9. The summed E-state index contributed by atoms with van der Waals surface area (Å²) in [6, 6.07) is 6.95. The Hall–Kier alpha value is -1.36. The van der Waals surface area contributed by atoms with Crippen molar-refractivity contribution in [1.29, 1.82) is 0 Å². The van der Waals surface area contributed by atoms with Crippen LogP contribution in [0.5, 0.6) is 0 Å². The van der Waals surface area contributed by atoms with Gasteiger partial charge in [0.05, 0.1) is 10.0 Å². The Morgan fingerprint density at radius 1 is 1.06 bits per heavy atom. The molecule has 0 aliphatic carbocycles. The van der Waals surface area contributed by atoms with Gasteiger partial charge in [-0.1, -0.05) is 40.9 Å². The lowest BCUT2D eigenvalue weighted by molar-refractivity contribution is 1.08. The molecule has 0 fully saturated rings. The summed E-state index contributed by atoms with van der Waals surface area (Å²) in [6.45, 7) is 0. The van der Waals surface area contributed by atoms with E-state index in [1.807, 2.05) is 6.07 Å². The van der Waals surface area contributed by atoms with Gasteiger partial charge >= 0.3 is 0 Å². The number of rotatable bonds is 1. The average molecular weight is 300 g/mol. The monoisotopic (exact) mass is 298 g/mol. The molecule has 0 saturated carbocycles. The van der Waals surface area contributed by atoms with Crippen molar-refractivity contribution in [3.63, 3.8) is 0 Å². The normalized spacial score (nSPS) is 11.1. The molecule has 0 radical (unpaired) electrons. The van der Waals surface area contributed by atoms with Crippen LogP contribution in [0.2, 0.25) is 15.2 Å². The van der Waals surface area contributed by atoms with Gasteiger partial charge in [0.1, 0.15) is 11.5 Å². The molecule has 3 aromatic rings. The highest BCUT2D eigenvalue weighted by molar-refractivity contribution is 6.43. The van der Waals surface area contributed by atoms with E-state index in [2.05, 4.69) is 15.2 Å². The molecule has 1 aromatic carbocycles. The predicted molar refractivity (Wildman–Crippen MR) is 71.2 cm³/mol. The minimum absolute atomic E-state index is 0.360. The number of nitrogens with zero attached hydrogens (tertiary/aromatic N) is 4. The van der Waals surface area contributed by atoms with Gasteiger partial charge in [0.15, 0.2) is 11.5 Å². The van der Waals surface area contributed by atoms with Crippen LogP contribution in [0.15, 0.2) is 30.6 Å². The van der Waals surface area contributed by atoms with Gasteiger partial charge in [0, 0.05) is 11.6 Å². The fourth-order valence-electron chi connectivity index (χ4n) is 1.63. The molecule has 3 rings (SSSR count). The quantitative estimate of drug-likeness (QED) is 0.643. The van der Waals surface area contributed by atoms with Crippen molar-refractivity contribution >= 4 is 40.4 Å². The summed E-state index contributed by atoms with van der Waals surface area (Å²) in [6.07, 6.45) is 1.55. The fourth-order valence-corrected chi connectivity index (χ4v) is 2.16. The molecule has 90 valence electrons. The molecule has 2 aromatic heterocycles. The van der Waals surface area contributed by atoms with Gasteiger partial charge in [0.2, 0.25) is 0 Å². The molecule has 18 heavy (non-hydrogen) atoms. The molecule has 0 aliphatic rings. The second-order valence-electron chi connectivity index (χ2n) is 3.56. The topological polar surface area (TPSA) is 43.1 Å². The van der Waals surface area contributed by atoms with E-state index in [0.717, 1.165) is 0 Å². The Bertz CT molecular complexity index is 738. The van der Waals surface area contributed by atoms with Crippen LogP contribution < -0.4 is 0 Å². The summed E-state index contributed by atoms with van der Waals surface area (Å²) in [5, 5.41) is 9.35. The van der Waals surface area contributed by atoms with Gasteiger partial charge in [-0.2, -0.15) is 0 Å². The third kappa shape index (κ3) is 1.82. The maximum atomic E-state index is 6.16. The van der Waals surface area contributed by atoms with Crippen LogP contribution in [-0.2, 0) is 0 Å². The minimum Gasteiger partial charge on any atom is -0.265 e. The number of fused-ring (bicyclic) bond motifs is 1. The smallest absolute Gasteiger partial charge is 0.171 e. The van der Waals surface area contributed by atoms with E-state index in [1.54, 1.807) is 28.9 Å². The van der Waals surface area contributed by atoms with Crippen molar-refractivity contribution in [1.82, 2.24) is 19.6 Å². The lowest BCUT2D eigenvalue weighted by Gasteiger charge is -2.03. The van der Waals surface area contributed by atoms with Gasteiger partial charge < -0.3 is 0 Å². The summed E-state index contributed by atoms with van der Waals surface area (Å²) < 4.78 is 1.70. The van der Waals surface area contributed by atoms with Crippen LogP contribution in [0, 0.1) is 0 Å². The third-order valence-electron chi connectivity index (χ3n) is 2.46. The van der Waals surface area contributed by atoms with E-state index in [4.69, 9.17) is 34.8 Å². The molecule has 4 nitrogen and oxygen atoms in total. The molecule has 0 atom stereocenters. The largest absolute Gasteiger partial charge is 0.265 e. The first kappa shape index (κ1) is 11.7. The van der Waals surface area contributed by atoms with Crippen LogP contribution in [0.25, 0.3) is 17.0 Å². The fraction of sp³-hybridized carbons (Fsp3) is 0. The average Bonchev–Trinajstić information content (AvgIpc) is 2.75. The zero-order chi connectivity index (χ0) is 12.7. The predicted octanol–water partition coefficient (Wildman–Crippen LogP) is 3.75. The Morgan fingerprint density at radius 3 is 2.72 bits per heavy atom. The molecule has 0 aliphatic heterocycles. The first-order chi connectivity index (χ1) is 8.66. The van der Waals surface area contributed by atoms with Crippen molar-refractivity contribution < 1.29 is 0 Å². The van der Waals surface area contributed by atoms with Crippen LogP contribution in [0.3, 0.4) is 0 Å². The van der Waals surface area contributed by atoms with Crippen molar-refractivity contribution in [2.75, 3.05) is 0 Å². The minimum atomic E-state index is 0.360. The highest BCUT2D eigenvalue weighted by Crippen LogP contribution is 2.32. The highest BCUT2D eigenvalue weighted by atomic mass is 35.5. The van der Waals surface area contributed by atoms with Crippen LogP contribution in [0.4, 0.5) is 0 Å². The lowest BCUT2D eigenvalue weighted by Crippen LogP contribution is -1.92. The molecule has 0 amide bonds. The standard InChI is InChI=1S/C11H5Cl3N4/c12-7-3-1-2-6(10(7)14)11-17-16-9-4-8(13)15-5-18(9)11/h1-5H. The van der Waals surface area contributed by atoms with Gasteiger partial charge in [-0.3, -0.25) is 4.40 Å². The Morgan fingerprint density at radius 2 is 1.89 bits per heavy atom. The lowest BCUT2D eigenvalue weighted by atomic mass is 10.2. The molecule has 0 N–H and O–H groups in total. The Balaban J connectivity index is 2.29. The Labute approximate surface area is 117 Å². The van der Waals surface area contributed by atoms with Crippen molar-refractivity contribution in [2.24, 2.45) is 0 Å². The summed E-state index contributed by atoms with van der Waals surface area (Å²) in [5.41, 5.74) is 1.29. The van der Waals surface area contributed by atoms with Crippen LogP contribution in [0.1, 0.15) is 0 Å². The second kappa shape index (κ2) is 4.39. The maximum Gasteiger partial charge on any atom is 0.171 e. The summed E-state index contributed by atoms with van der Waals surface area (Å²) in [4.78, 5) is 3.99. The van der Waals surface area contributed by atoms with E-state index >= 15 is 0 Å². The molecular formula is C11H5Cl3N4. The maximum absolute atomic E-state index is 6.16. The molecule has 0 bridgehead atoms. The van der Waals surface area contributed by atoms with E-state index in [0.29, 0.717) is 32.2 Å². The van der Waals surface area contributed by atoms with Gasteiger partial charge in [-0.05, 0) is 12.1 Å². The van der Waals surface area contributed by atoms with Gasteiger partial charge in [-0.15, -0.1) is 10.2 Å². The molecular weight excluding hydrogens is 295 g/mol. The zero-order valence-electron chi connectivity index (χ0n) is 8.81. The van der Waals surface area contributed by atoms with Crippen molar-refractivity contribution in [3.8, 4) is 11.4 Å². The SMILES string of the molecule is Clc1cc2nnc(-c3cccc(Cl)c3Cl)n2cn1. The van der Waals surface area contributed by atoms with E-state index in [9.17, 15) is 0 Å². The molecule has 7 heteroatoms. The number of aromatic nitrogens is 4. The number of hydrogen-bond acceptors (Lipinski definition) is 3. The molecule has 0 saturated heterocycles. The first-order valence-electron chi connectivity index (χ1n) is 4.97. The van der Waals surface area contributed by atoms with Gasteiger partial charge in [-0.25, -0.2) is 4.98 Å². The first-order valence-corrected chi connectivity index (χ1v) is 6.11. The third-order valence-corrected chi connectivity index (χ3v) is 3.49. The molecule has 0 unspecified atom stereocenters. The van der Waals surface area contributed by atoms with E-state index in [1.165, 1.54) is 0 Å². The molecule has 0 spiro atoms. The number of hydrogen-bond donors (Lipinski definition) is 0. The Kier molecular flexibility index (Phi) is 2.86. The van der Waals surface area contributed by atoms with Crippen molar-refractivity contribution in [2.45, 2.75) is 0 Å². The van der Waals surface area contributed by atoms with E-state index in [-0.39, 0.29) is 0 Å². The number of benzene rings is 1. The zero-order valence-corrected chi connectivity index (χ0v) is 11.1. The van der Waals surface area contributed by atoms with E-state index < -0.39 is 0 Å². The van der Waals surface area contributed by atoms with Crippen LogP contribution >= 0.6 is 34.8 Å². The highest BCUT2D eigenvalue weighted by Gasteiger charge is 2.13. The second-order valence-corrected chi connectivity index (χ2v) is 4.74. The summed E-state index contributed by atoms with van der Waals surface area (Å²) in [5.74, 6) is 0.571. The van der Waals surface area contributed by atoms with Crippen LogP contribution in [-0.4, -0.2) is 19.6 Å². The van der Waals surface area contributed by atoms with Gasteiger partial charge in [0.25, 0.3) is 0 Å². The number of halogens is 3.